The first-order valence-electron chi connectivity index (χ1n) is 6.43. The number of rotatable bonds is 4. The van der Waals surface area contributed by atoms with Crippen LogP contribution >= 0.6 is 11.8 Å². The van der Waals surface area contributed by atoms with Gasteiger partial charge in [-0.25, -0.2) is 0 Å². The number of esters is 1. The van der Waals surface area contributed by atoms with Crippen molar-refractivity contribution in [2.75, 3.05) is 6.54 Å². The van der Waals surface area contributed by atoms with Crippen LogP contribution in [0.15, 0.2) is 23.4 Å². The minimum absolute atomic E-state index is 0.280. The molecule has 0 bridgehead atoms. The molecule has 21 heavy (non-hydrogen) atoms. The lowest BCUT2D eigenvalue weighted by molar-refractivity contribution is -0.149. The van der Waals surface area contributed by atoms with Gasteiger partial charge in [0.05, 0.1) is 11.0 Å². The van der Waals surface area contributed by atoms with Gasteiger partial charge in [-0.2, -0.15) is 0 Å². The highest BCUT2D eigenvalue weighted by molar-refractivity contribution is 8.18. The smallest absolute Gasteiger partial charge is 0.326 e. The van der Waals surface area contributed by atoms with Crippen molar-refractivity contribution in [3.63, 3.8) is 0 Å². The van der Waals surface area contributed by atoms with Crippen LogP contribution in [0.2, 0.25) is 0 Å². The van der Waals surface area contributed by atoms with E-state index in [4.69, 9.17) is 4.74 Å². The number of thioether (sulfide) groups is 1. The average Bonchev–Trinajstić information content (AvgIpc) is 2.88. The zero-order valence-corrected chi connectivity index (χ0v) is 12.8. The SMILES string of the molecule is CC(C)OC(=O)CN1C(=O)S/C(=C\c2ccn(C)c2)C1=O. The van der Waals surface area contributed by atoms with E-state index in [0.29, 0.717) is 4.91 Å². The summed E-state index contributed by atoms with van der Waals surface area (Å²) in [6, 6.07) is 1.83. The summed E-state index contributed by atoms with van der Waals surface area (Å²) in [7, 11) is 1.87. The number of aromatic nitrogens is 1. The highest BCUT2D eigenvalue weighted by Gasteiger charge is 2.36. The summed E-state index contributed by atoms with van der Waals surface area (Å²) in [5.41, 5.74) is 0.827. The van der Waals surface area contributed by atoms with Crippen molar-refractivity contribution in [2.24, 2.45) is 7.05 Å². The summed E-state index contributed by atoms with van der Waals surface area (Å²) < 4.78 is 6.79. The molecular formula is C14H16N2O4S. The molecule has 6 nitrogen and oxygen atoms in total. The third kappa shape index (κ3) is 3.75. The molecule has 0 spiro atoms. The highest BCUT2D eigenvalue weighted by atomic mass is 32.2. The van der Waals surface area contributed by atoms with E-state index in [1.54, 1.807) is 19.9 Å². The monoisotopic (exact) mass is 308 g/mol. The Kier molecular flexibility index (Phi) is 4.52. The van der Waals surface area contributed by atoms with Crippen molar-refractivity contribution in [2.45, 2.75) is 20.0 Å². The Morgan fingerprint density at radius 2 is 2.14 bits per heavy atom. The van der Waals surface area contributed by atoms with E-state index < -0.39 is 17.1 Å². The predicted octanol–water partition coefficient (Wildman–Crippen LogP) is 2.01. The van der Waals surface area contributed by atoms with Gasteiger partial charge >= 0.3 is 5.97 Å². The number of aryl methyl sites for hydroxylation is 1. The van der Waals surface area contributed by atoms with E-state index in [9.17, 15) is 14.4 Å². The predicted molar refractivity (Wildman–Crippen MR) is 79.3 cm³/mol. The Bertz CT molecular complexity index is 618. The molecule has 0 aromatic carbocycles. The third-order valence-corrected chi connectivity index (χ3v) is 3.59. The molecule has 1 aliphatic rings. The first kappa shape index (κ1) is 15.4. The molecule has 1 aromatic rings. The molecule has 0 radical (unpaired) electrons. The molecule has 2 heterocycles. The van der Waals surface area contributed by atoms with E-state index in [1.807, 2.05) is 30.1 Å². The molecule has 2 rings (SSSR count). The van der Waals surface area contributed by atoms with Crippen LogP contribution in [0.5, 0.6) is 0 Å². The van der Waals surface area contributed by atoms with Gasteiger partial charge in [0.15, 0.2) is 0 Å². The number of hydrogen-bond donors (Lipinski definition) is 0. The van der Waals surface area contributed by atoms with Gasteiger partial charge in [0, 0.05) is 19.4 Å². The maximum atomic E-state index is 12.1. The lowest BCUT2D eigenvalue weighted by Gasteiger charge is -2.13. The second-order valence-electron chi connectivity index (χ2n) is 4.92. The minimum atomic E-state index is -0.590. The Balaban J connectivity index is 2.09. The number of amides is 2. The maximum absolute atomic E-state index is 12.1. The van der Waals surface area contributed by atoms with E-state index >= 15 is 0 Å². The van der Waals surface area contributed by atoms with E-state index in [-0.39, 0.29) is 12.6 Å². The van der Waals surface area contributed by atoms with E-state index in [1.165, 1.54) is 0 Å². The fourth-order valence-corrected chi connectivity index (χ4v) is 2.67. The molecule has 112 valence electrons. The van der Waals surface area contributed by atoms with Crippen LogP contribution in [0.4, 0.5) is 4.79 Å². The second kappa shape index (κ2) is 6.17. The van der Waals surface area contributed by atoms with Crippen molar-refractivity contribution in [3.05, 3.63) is 28.9 Å². The van der Waals surface area contributed by atoms with E-state index in [2.05, 4.69) is 0 Å². The number of ether oxygens (including phenoxy) is 1. The molecule has 0 unspecified atom stereocenters. The van der Waals surface area contributed by atoms with Crippen molar-refractivity contribution in [3.8, 4) is 0 Å². The number of carbonyl (C=O) groups is 3. The average molecular weight is 308 g/mol. The van der Waals surface area contributed by atoms with Gasteiger partial charge in [-0.3, -0.25) is 19.3 Å². The summed E-state index contributed by atoms with van der Waals surface area (Å²) >= 11 is 0.828. The summed E-state index contributed by atoms with van der Waals surface area (Å²) in [4.78, 5) is 36.8. The van der Waals surface area contributed by atoms with Crippen molar-refractivity contribution in [1.29, 1.82) is 0 Å². The van der Waals surface area contributed by atoms with Crippen molar-refractivity contribution >= 4 is 35.0 Å². The zero-order valence-electron chi connectivity index (χ0n) is 12.0. The van der Waals surface area contributed by atoms with Crippen LogP contribution in [0.1, 0.15) is 19.4 Å². The topological polar surface area (TPSA) is 68.6 Å². The minimum Gasteiger partial charge on any atom is -0.462 e. The van der Waals surface area contributed by atoms with Crippen LogP contribution in [-0.4, -0.2) is 39.2 Å². The maximum Gasteiger partial charge on any atom is 0.326 e. The molecule has 1 aromatic heterocycles. The first-order chi connectivity index (χ1) is 9.86. The van der Waals surface area contributed by atoms with Gasteiger partial charge in [0.2, 0.25) is 0 Å². The molecule has 7 heteroatoms. The van der Waals surface area contributed by atoms with Crippen LogP contribution in [0.3, 0.4) is 0 Å². The Labute approximate surface area is 126 Å². The fourth-order valence-electron chi connectivity index (χ4n) is 1.83. The van der Waals surface area contributed by atoms with Crippen molar-refractivity contribution < 1.29 is 19.1 Å². The Hall–Kier alpha value is -2.02. The lowest BCUT2D eigenvalue weighted by Crippen LogP contribution is -2.35. The quantitative estimate of drug-likeness (QED) is 0.629. The fraction of sp³-hybridized carbons (Fsp3) is 0.357. The molecule has 2 amide bonds. The van der Waals surface area contributed by atoms with E-state index in [0.717, 1.165) is 22.2 Å². The van der Waals surface area contributed by atoms with Gasteiger partial charge in [0.25, 0.3) is 11.1 Å². The molecule has 0 aliphatic carbocycles. The van der Waals surface area contributed by atoms with Crippen LogP contribution in [0, 0.1) is 0 Å². The molecule has 0 saturated carbocycles. The van der Waals surface area contributed by atoms with Crippen molar-refractivity contribution in [1.82, 2.24) is 9.47 Å². The molecule has 0 N–H and O–H groups in total. The molecule has 1 saturated heterocycles. The first-order valence-corrected chi connectivity index (χ1v) is 7.25. The third-order valence-electron chi connectivity index (χ3n) is 2.68. The van der Waals surface area contributed by atoms with Gasteiger partial charge in [-0.15, -0.1) is 0 Å². The summed E-state index contributed by atoms with van der Waals surface area (Å²) in [5.74, 6) is -1.05. The van der Waals surface area contributed by atoms with Gasteiger partial charge in [0.1, 0.15) is 6.54 Å². The number of imide groups is 1. The van der Waals surface area contributed by atoms with Gasteiger partial charge in [-0.05, 0) is 43.3 Å². The Morgan fingerprint density at radius 3 is 2.71 bits per heavy atom. The van der Waals surface area contributed by atoms with Crippen LogP contribution in [0.25, 0.3) is 6.08 Å². The lowest BCUT2D eigenvalue weighted by atomic mass is 10.3. The Morgan fingerprint density at radius 1 is 1.43 bits per heavy atom. The highest BCUT2D eigenvalue weighted by Crippen LogP contribution is 2.32. The molecule has 1 fully saturated rings. The number of nitrogens with zero attached hydrogens (tertiary/aromatic N) is 2. The second-order valence-corrected chi connectivity index (χ2v) is 5.91. The van der Waals surface area contributed by atoms with Gasteiger partial charge < -0.3 is 9.30 Å². The zero-order chi connectivity index (χ0) is 15.6. The summed E-state index contributed by atoms with van der Waals surface area (Å²) in [6.45, 7) is 3.07. The molecule has 0 atom stereocenters. The van der Waals surface area contributed by atoms with Crippen LogP contribution < -0.4 is 0 Å². The molecular weight excluding hydrogens is 292 g/mol. The van der Waals surface area contributed by atoms with Gasteiger partial charge in [-0.1, -0.05) is 0 Å². The molecule has 1 aliphatic heterocycles. The summed E-state index contributed by atoms with van der Waals surface area (Å²) in [5, 5.41) is -0.456. The van der Waals surface area contributed by atoms with Crippen LogP contribution in [-0.2, 0) is 21.4 Å². The normalized spacial score (nSPS) is 17.1. The number of carbonyl (C=O) groups excluding carboxylic acids is 3. The largest absolute Gasteiger partial charge is 0.462 e. The standard InChI is InChI=1S/C14H16N2O4S/c1-9(2)20-12(17)8-16-13(18)11(21-14(16)19)6-10-4-5-15(3)7-10/h4-7,9H,8H2,1-3H3/b11-6-. The number of hydrogen-bond acceptors (Lipinski definition) is 5. The summed E-state index contributed by atoms with van der Waals surface area (Å²) in [6.07, 6.45) is 5.03.